The number of alkyl halides is 3. The maximum atomic E-state index is 13.2. The van der Waals surface area contributed by atoms with Crippen LogP contribution in [0.15, 0.2) is 89.4 Å². The van der Waals surface area contributed by atoms with Gasteiger partial charge in [-0.2, -0.15) is 13.2 Å². The van der Waals surface area contributed by atoms with Gasteiger partial charge in [0.15, 0.2) is 0 Å². The van der Waals surface area contributed by atoms with Crippen molar-refractivity contribution < 1.29 is 37.0 Å². The van der Waals surface area contributed by atoms with Gasteiger partial charge in [-0.1, -0.05) is 48.5 Å². The zero-order chi connectivity index (χ0) is 29.4. The minimum atomic E-state index is -4.59. The summed E-state index contributed by atoms with van der Waals surface area (Å²) in [5, 5.41) is 11.9. The van der Waals surface area contributed by atoms with Gasteiger partial charge < -0.3 is 19.6 Å². The number of amides is 1. The Kier molecular flexibility index (Phi) is 9.23. The number of carboxylic acid groups (broad SMARTS) is 1. The van der Waals surface area contributed by atoms with Crippen LogP contribution in [0.5, 0.6) is 5.75 Å². The normalized spacial score (nSPS) is 12.3. The lowest BCUT2D eigenvalue weighted by atomic mass is 10.1. The maximum Gasteiger partial charge on any atom is 0.416 e. The Morgan fingerprint density at radius 3 is 2.39 bits per heavy atom. The molecule has 0 bridgehead atoms. The third-order valence-electron chi connectivity index (χ3n) is 6.18. The fourth-order valence-corrected chi connectivity index (χ4v) is 4.07. The number of ether oxygens (including phenoxy) is 1. The molecule has 10 heteroatoms. The van der Waals surface area contributed by atoms with Gasteiger partial charge >= 0.3 is 12.1 Å². The van der Waals surface area contributed by atoms with E-state index in [2.05, 4.69) is 10.3 Å². The summed E-state index contributed by atoms with van der Waals surface area (Å²) in [7, 11) is 0. The largest absolute Gasteiger partial charge is 0.493 e. The van der Waals surface area contributed by atoms with Crippen LogP contribution in [-0.2, 0) is 28.6 Å². The standard InChI is InChI=1S/C31H27F3N2O5/c1-20-26(36-29(41-20)23-8-3-2-4-9-23)17-18-40-24-14-11-21(12-15-24)19-27(30(38)39)35-28(37)16-13-22-7-5-6-10-25(22)31(32,33)34/h2-16,27H,17-19H2,1H3,(H,35,37)(H,38,39)/t27-/m0/s1. The summed E-state index contributed by atoms with van der Waals surface area (Å²) in [6.45, 7) is 2.19. The van der Waals surface area contributed by atoms with E-state index in [1.165, 1.54) is 18.2 Å². The van der Waals surface area contributed by atoms with E-state index in [0.717, 1.165) is 29.5 Å². The van der Waals surface area contributed by atoms with Gasteiger partial charge in [0.1, 0.15) is 17.6 Å². The highest BCUT2D eigenvalue weighted by Crippen LogP contribution is 2.32. The highest BCUT2D eigenvalue weighted by molar-refractivity contribution is 5.94. The molecule has 212 valence electrons. The molecule has 0 spiro atoms. The number of carboxylic acids is 1. The fraction of sp³-hybridized carbons (Fsp3) is 0.194. The predicted molar refractivity (Wildman–Crippen MR) is 146 cm³/mol. The summed E-state index contributed by atoms with van der Waals surface area (Å²) in [4.78, 5) is 28.6. The number of carbonyl (C=O) groups is 2. The predicted octanol–water partition coefficient (Wildman–Crippen LogP) is 6.12. The number of halogens is 3. The molecule has 0 saturated heterocycles. The molecule has 0 saturated carbocycles. The number of carbonyl (C=O) groups excluding carboxylic acids is 1. The summed E-state index contributed by atoms with van der Waals surface area (Å²) >= 11 is 0. The molecule has 2 N–H and O–H groups in total. The molecule has 41 heavy (non-hydrogen) atoms. The first-order valence-corrected chi connectivity index (χ1v) is 12.7. The molecule has 4 aromatic rings. The molecular formula is C31H27F3N2O5. The second kappa shape index (κ2) is 13.0. The molecule has 0 aliphatic heterocycles. The minimum absolute atomic E-state index is 0.0330. The lowest BCUT2D eigenvalue weighted by Crippen LogP contribution is -2.41. The first-order valence-electron chi connectivity index (χ1n) is 12.7. The van der Waals surface area contributed by atoms with Crippen LogP contribution in [0.4, 0.5) is 13.2 Å². The number of rotatable bonds is 11. The quantitative estimate of drug-likeness (QED) is 0.213. The molecule has 0 unspecified atom stereocenters. The molecule has 4 rings (SSSR count). The summed E-state index contributed by atoms with van der Waals surface area (Å²) < 4.78 is 51.0. The van der Waals surface area contributed by atoms with Crippen molar-refractivity contribution in [3.05, 3.63) is 113 Å². The summed E-state index contributed by atoms with van der Waals surface area (Å²) in [5.74, 6) is -0.276. The molecule has 0 fully saturated rings. The van der Waals surface area contributed by atoms with Crippen molar-refractivity contribution in [2.24, 2.45) is 0 Å². The van der Waals surface area contributed by atoms with Crippen LogP contribution < -0.4 is 10.1 Å². The number of nitrogens with zero attached hydrogens (tertiary/aromatic N) is 1. The van der Waals surface area contributed by atoms with Gasteiger partial charge in [-0.3, -0.25) is 4.79 Å². The number of benzene rings is 3. The Hall–Kier alpha value is -4.86. The van der Waals surface area contributed by atoms with Gasteiger partial charge in [0.2, 0.25) is 11.8 Å². The zero-order valence-corrected chi connectivity index (χ0v) is 22.0. The monoisotopic (exact) mass is 564 g/mol. The Balaban J connectivity index is 1.30. The van der Waals surface area contributed by atoms with Crippen LogP contribution in [0, 0.1) is 6.92 Å². The minimum Gasteiger partial charge on any atom is -0.493 e. The Bertz CT molecular complexity index is 1510. The van der Waals surface area contributed by atoms with Crippen molar-refractivity contribution in [3.8, 4) is 17.2 Å². The molecule has 3 aromatic carbocycles. The van der Waals surface area contributed by atoms with Crippen molar-refractivity contribution >= 4 is 18.0 Å². The number of hydrogen-bond acceptors (Lipinski definition) is 5. The molecule has 1 heterocycles. The number of aliphatic carboxylic acids is 1. The van der Waals surface area contributed by atoms with Crippen molar-refractivity contribution in [1.29, 1.82) is 0 Å². The summed E-state index contributed by atoms with van der Waals surface area (Å²) in [6, 6.07) is 19.8. The lowest BCUT2D eigenvalue weighted by molar-refractivity contribution is -0.141. The van der Waals surface area contributed by atoms with Crippen LogP contribution in [0.3, 0.4) is 0 Å². The maximum absolute atomic E-state index is 13.2. The van der Waals surface area contributed by atoms with E-state index in [4.69, 9.17) is 9.15 Å². The number of oxazole rings is 1. The second-order valence-electron chi connectivity index (χ2n) is 9.15. The summed E-state index contributed by atoms with van der Waals surface area (Å²) in [6.07, 6.45) is -2.20. The molecular weight excluding hydrogens is 537 g/mol. The molecule has 0 radical (unpaired) electrons. The highest BCUT2D eigenvalue weighted by Gasteiger charge is 2.32. The SMILES string of the molecule is Cc1oc(-c2ccccc2)nc1CCOc1ccc(C[C@H](NC(=O)C=Cc2ccccc2C(F)(F)F)C(=O)O)cc1. The van der Waals surface area contributed by atoms with Crippen LogP contribution in [0.1, 0.15) is 28.1 Å². The molecule has 0 aliphatic rings. The molecule has 1 atom stereocenters. The van der Waals surface area contributed by atoms with E-state index in [0.29, 0.717) is 36.0 Å². The van der Waals surface area contributed by atoms with Gasteiger partial charge in [0, 0.05) is 24.5 Å². The number of nitrogens with one attached hydrogen (secondary N) is 1. The van der Waals surface area contributed by atoms with E-state index < -0.39 is 29.7 Å². The third-order valence-corrected chi connectivity index (χ3v) is 6.18. The molecule has 1 aromatic heterocycles. The zero-order valence-electron chi connectivity index (χ0n) is 22.0. The average molecular weight is 565 g/mol. The number of hydrogen-bond donors (Lipinski definition) is 2. The first kappa shape index (κ1) is 29.1. The van der Waals surface area contributed by atoms with E-state index in [1.54, 1.807) is 24.3 Å². The van der Waals surface area contributed by atoms with Gasteiger partial charge in [-0.25, -0.2) is 9.78 Å². The van der Waals surface area contributed by atoms with Crippen LogP contribution in [0.2, 0.25) is 0 Å². The highest BCUT2D eigenvalue weighted by atomic mass is 19.4. The van der Waals surface area contributed by atoms with Crippen LogP contribution in [0.25, 0.3) is 17.5 Å². The van der Waals surface area contributed by atoms with Crippen molar-refractivity contribution in [3.63, 3.8) is 0 Å². The Morgan fingerprint density at radius 2 is 1.71 bits per heavy atom. The molecule has 7 nitrogen and oxygen atoms in total. The lowest BCUT2D eigenvalue weighted by Gasteiger charge is -2.14. The van der Waals surface area contributed by atoms with Gasteiger partial charge in [-0.05, 0) is 54.5 Å². The van der Waals surface area contributed by atoms with E-state index in [1.807, 2.05) is 37.3 Å². The smallest absolute Gasteiger partial charge is 0.416 e. The number of aryl methyl sites for hydroxylation is 1. The van der Waals surface area contributed by atoms with Crippen molar-refractivity contribution in [2.75, 3.05) is 6.61 Å². The van der Waals surface area contributed by atoms with E-state index >= 15 is 0 Å². The molecule has 0 aliphatic carbocycles. The second-order valence-corrected chi connectivity index (χ2v) is 9.15. The third kappa shape index (κ3) is 8.07. The summed E-state index contributed by atoms with van der Waals surface area (Å²) in [5.41, 5.74) is 1.20. The Labute approximate surface area is 234 Å². The topological polar surface area (TPSA) is 102 Å². The van der Waals surface area contributed by atoms with Gasteiger partial charge in [0.05, 0.1) is 17.9 Å². The van der Waals surface area contributed by atoms with E-state index in [9.17, 15) is 27.9 Å². The van der Waals surface area contributed by atoms with Gasteiger partial charge in [0.25, 0.3) is 0 Å². The molecule has 1 amide bonds. The average Bonchev–Trinajstić information content (AvgIpc) is 3.32. The van der Waals surface area contributed by atoms with Crippen LogP contribution >= 0.6 is 0 Å². The van der Waals surface area contributed by atoms with Gasteiger partial charge in [-0.15, -0.1) is 0 Å². The van der Waals surface area contributed by atoms with E-state index in [-0.39, 0.29) is 12.0 Å². The van der Waals surface area contributed by atoms with Crippen molar-refractivity contribution in [1.82, 2.24) is 10.3 Å². The fourth-order valence-electron chi connectivity index (χ4n) is 4.07. The van der Waals surface area contributed by atoms with Crippen molar-refractivity contribution in [2.45, 2.75) is 32.0 Å². The number of aromatic nitrogens is 1. The first-order chi connectivity index (χ1) is 19.6. The Morgan fingerprint density at radius 1 is 1.02 bits per heavy atom. The van der Waals surface area contributed by atoms with Crippen LogP contribution in [-0.4, -0.2) is 34.6 Å².